The van der Waals surface area contributed by atoms with Crippen molar-refractivity contribution in [2.45, 2.75) is 17.4 Å². The molecular weight excluding hydrogens is 358 g/mol. The minimum absolute atomic E-state index is 0.0318. The summed E-state index contributed by atoms with van der Waals surface area (Å²) in [5.41, 5.74) is 1.78. The molecule has 2 amide bonds. The van der Waals surface area contributed by atoms with Crippen LogP contribution in [0.1, 0.15) is 5.56 Å². The molecule has 0 spiro atoms. The van der Waals surface area contributed by atoms with E-state index in [4.69, 9.17) is 4.74 Å². The van der Waals surface area contributed by atoms with Crippen molar-refractivity contribution in [1.82, 2.24) is 4.72 Å². The second kappa shape index (κ2) is 6.11. The topological polar surface area (TPSA) is 114 Å². The maximum absolute atomic E-state index is 12.5. The van der Waals surface area contributed by atoms with Gasteiger partial charge in [-0.2, -0.15) is 0 Å². The number of rotatable bonds is 4. The molecule has 2 heterocycles. The Morgan fingerprint density at radius 2 is 1.88 bits per heavy atom. The monoisotopic (exact) mass is 373 g/mol. The van der Waals surface area contributed by atoms with Gasteiger partial charge in [0.15, 0.2) is 6.10 Å². The van der Waals surface area contributed by atoms with Crippen molar-refractivity contribution in [3.05, 3.63) is 48.0 Å². The quantitative estimate of drug-likeness (QED) is 0.736. The lowest BCUT2D eigenvalue weighted by molar-refractivity contribution is -0.123. The second-order valence-corrected chi connectivity index (χ2v) is 7.75. The van der Waals surface area contributed by atoms with E-state index in [0.29, 0.717) is 22.7 Å². The summed E-state index contributed by atoms with van der Waals surface area (Å²) in [5, 5.41) is 5.33. The van der Waals surface area contributed by atoms with Crippen molar-refractivity contribution >= 4 is 33.2 Å². The Morgan fingerprint density at radius 3 is 2.73 bits per heavy atom. The van der Waals surface area contributed by atoms with Gasteiger partial charge in [-0.3, -0.25) is 9.59 Å². The van der Waals surface area contributed by atoms with E-state index < -0.39 is 22.0 Å². The number of fused-ring (bicyclic) bond motifs is 2. The molecule has 1 atom stereocenters. The molecular formula is C17H15N3O5S. The number of anilines is 2. The maximum atomic E-state index is 12.5. The van der Waals surface area contributed by atoms with Gasteiger partial charge >= 0.3 is 0 Å². The summed E-state index contributed by atoms with van der Waals surface area (Å²) in [7, 11) is -3.85. The molecule has 0 radical (unpaired) electrons. The molecule has 3 N–H and O–H groups in total. The first kappa shape index (κ1) is 16.6. The molecule has 0 saturated carbocycles. The van der Waals surface area contributed by atoms with E-state index in [-0.39, 0.29) is 23.8 Å². The van der Waals surface area contributed by atoms with Crippen molar-refractivity contribution in [3.8, 4) is 5.75 Å². The Labute approximate surface area is 149 Å². The molecule has 26 heavy (non-hydrogen) atoms. The second-order valence-electron chi connectivity index (χ2n) is 5.99. The third-order valence-electron chi connectivity index (χ3n) is 4.18. The van der Waals surface area contributed by atoms with Gasteiger partial charge in [-0.1, -0.05) is 12.1 Å². The molecule has 9 heteroatoms. The highest BCUT2D eigenvalue weighted by atomic mass is 32.2. The molecule has 0 aliphatic carbocycles. The Hall–Kier alpha value is -2.91. The average Bonchev–Trinajstić information content (AvgIpc) is 2.99. The van der Waals surface area contributed by atoms with Crippen LogP contribution in [0.4, 0.5) is 11.4 Å². The molecule has 2 aliphatic heterocycles. The normalized spacial score (nSPS) is 18.4. The zero-order valence-electron chi connectivity index (χ0n) is 13.5. The van der Waals surface area contributed by atoms with Crippen molar-refractivity contribution in [2.75, 3.05) is 17.2 Å². The summed E-state index contributed by atoms with van der Waals surface area (Å²) in [4.78, 5) is 23.5. The van der Waals surface area contributed by atoms with Crippen molar-refractivity contribution < 1.29 is 22.7 Å². The summed E-state index contributed by atoms with van der Waals surface area (Å²) >= 11 is 0. The number of hydrogen-bond donors (Lipinski definition) is 3. The van der Waals surface area contributed by atoms with E-state index in [2.05, 4.69) is 15.4 Å². The van der Waals surface area contributed by atoms with Crippen LogP contribution in [0, 0.1) is 0 Å². The first-order valence-electron chi connectivity index (χ1n) is 7.91. The van der Waals surface area contributed by atoms with Crippen LogP contribution in [0.2, 0.25) is 0 Å². The Kier molecular flexibility index (Phi) is 3.89. The molecule has 0 saturated heterocycles. The first-order chi connectivity index (χ1) is 12.4. The summed E-state index contributed by atoms with van der Waals surface area (Å²) in [5.74, 6) is -0.109. The standard InChI is InChI=1S/C17H15N3O5S/c21-16-8-10-7-11(5-6-12(10)19-16)26(23,24)18-9-15-17(22)20-13-3-1-2-4-14(13)25-15/h1-7,15,18H,8-9H2,(H,19,21)(H,20,22). The minimum Gasteiger partial charge on any atom is -0.477 e. The van der Waals surface area contributed by atoms with Crippen LogP contribution in [0.3, 0.4) is 0 Å². The van der Waals surface area contributed by atoms with Gasteiger partial charge in [-0.15, -0.1) is 0 Å². The van der Waals surface area contributed by atoms with Gasteiger partial charge in [-0.05, 0) is 35.9 Å². The predicted octanol–water partition coefficient (Wildman–Crippen LogP) is 0.859. The number of ether oxygens (including phenoxy) is 1. The van der Waals surface area contributed by atoms with E-state index in [9.17, 15) is 18.0 Å². The van der Waals surface area contributed by atoms with Crippen molar-refractivity contribution in [2.24, 2.45) is 0 Å². The lowest BCUT2D eigenvalue weighted by atomic mass is 10.2. The molecule has 8 nitrogen and oxygen atoms in total. The predicted molar refractivity (Wildman–Crippen MR) is 93.5 cm³/mol. The summed E-state index contributed by atoms with van der Waals surface area (Å²) in [6.07, 6.45) is -0.832. The van der Waals surface area contributed by atoms with Gasteiger partial charge in [0.1, 0.15) is 5.75 Å². The van der Waals surface area contributed by atoms with Gasteiger partial charge in [0.05, 0.1) is 23.5 Å². The zero-order valence-corrected chi connectivity index (χ0v) is 14.3. The highest BCUT2D eigenvalue weighted by molar-refractivity contribution is 7.89. The number of carbonyl (C=O) groups is 2. The summed E-state index contributed by atoms with van der Waals surface area (Å²) < 4.78 is 33.0. The van der Waals surface area contributed by atoms with Crippen molar-refractivity contribution in [3.63, 3.8) is 0 Å². The lowest BCUT2D eigenvalue weighted by Gasteiger charge is -2.25. The SMILES string of the molecule is O=C1Cc2cc(S(=O)(=O)NCC3Oc4ccccc4NC3=O)ccc2N1. The van der Waals surface area contributed by atoms with Gasteiger partial charge in [0.2, 0.25) is 15.9 Å². The highest BCUT2D eigenvalue weighted by Crippen LogP contribution is 2.29. The molecule has 2 aliphatic rings. The Bertz CT molecular complexity index is 1020. The number of amides is 2. The number of sulfonamides is 1. The third kappa shape index (κ3) is 3.02. The first-order valence-corrected chi connectivity index (χ1v) is 9.40. The number of para-hydroxylation sites is 2. The average molecular weight is 373 g/mol. The summed E-state index contributed by atoms with van der Waals surface area (Å²) in [6.45, 7) is -0.212. The van der Waals surface area contributed by atoms with Crippen LogP contribution in [-0.4, -0.2) is 32.9 Å². The van der Waals surface area contributed by atoms with E-state index in [1.54, 1.807) is 30.3 Å². The summed E-state index contributed by atoms with van der Waals surface area (Å²) in [6, 6.07) is 11.3. The van der Waals surface area contributed by atoms with Gasteiger partial charge < -0.3 is 15.4 Å². The lowest BCUT2D eigenvalue weighted by Crippen LogP contribution is -2.45. The van der Waals surface area contributed by atoms with E-state index in [1.165, 1.54) is 12.1 Å². The number of carbonyl (C=O) groups excluding carboxylic acids is 2. The molecule has 4 rings (SSSR count). The largest absolute Gasteiger partial charge is 0.477 e. The number of benzene rings is 2. The van der Waals surface area contributed by atoms with Crippen LogP contribution >= 0.6 is 0 Å². The smallest absolute Gasteiger partial charge is 0.266 e. The van der Waals surface area contributed by atoms with Crippen LogP contribution in [0.5, 0.6) is 5.75 Å². The van der Waals surface area contributed by atoms with Crippen LogP contribution in [-0.2, 0) is 26.0 Å². The fourth-order valence-electron chi connectivity index (χ4n) is 2.87. The molecule has 134 valence electrons. The van der Waals surface area contributed by atoms with Gasteiger partial charge in [-0.25, -0.2) is 13.1 Å². The Morgan fingerprint density at radius 1 is 1.08 bits per heavy atom. The fourth-order valence-corrected chi connectivity index (χ4v) is 3.95. The fraction of sp³-hybridized carbons (Fsp3) is 0.176. The van der Waals surface area contributed by atoms with Gasteiger partial charge in [0.25, 0.3) is 5.91 Å². The number of nitrogens with one attached hydrogen (secondary N) is 3. The zero-order chi connectivity index (χ0) is 18.3. The van der Waals surface area contributed by atoms with E-state index >= 15 is 0 Å². The van der Waals surface area contributed by atoms with E-state index in [0.717, 1.165) is 0 Å². The van der Waals surface area contributed by atoms with Crippen LogP contribution < -0.4 is 20.1 Å². The molecule has 2 aromatic rings. The van der Waals surface area contributed by atoms with Crippen molar-refractivity contribution in [1.29, 1.82) is 0 Å². The maximum Gasteiger partial charge on any atom is 0.266 e. The highest BCUT2D eigenvalue weighted by Gasteiger charge is 2.29. The molecule has 1 unspecified atom stereocenters. The van der Waals surface area contributed by atoms with E-state index in [1.807, 2.05) is 0 Å². The molecule has 0 fully saturated rings. The number of hydrogen-bond acceptors (Lipinski definition) is 5. The van der Waals surface area contributed by atoms with Gasteiger partial charge in [0, 0.05) is 5.69 Å². The minimum atomic E-state index is -3.85. The third-order valence-corrected chi connectivity index (χ3v) is 5.60. The Balaban J connectivity index is 1.48. The van der Waals surface area contributed by atoms with Crippen LogP contribution in [0.25, 0.3) is 0 Å². The van der Waals surface area contributed by atoms with Crippen LogP contribution in [0.15, 0.2) is 47.4 Å². The molecule has 0 aromatic heterocycles. The molecule has 2 aromatic carbocycles. The molecule has 0 bridgehead atoms.